The minimum absolute atomic E-state index is 0.135. The Morgan fingerprint density at radius 1 is 1.36 bits per heavy atom. The Bertz CT molecular complexity index is 2180. The number of nitriles is 1. The predicted molar refractivity (Wildman–Crippen MR) is 170 cm³/mol. The number of thiophene rings is 1. The number of hydrogen-bond acceptors (Lipinski definition) is 9. The van der Waals surface area contributed by atoms with E-state index in [4.69, 9.17) is 21.1 Å². The van der Waals surface area contributed by atoms with Crippen LogP contribution in [0.15, 0.2) is 41.8 Å². The van der Waals surface area contributed by atoms with Crippen LogP contribution in [0.25, 0.3) is 27.0 Å². The van der Waals surface area contributed by atoms with Gasteiger partial charge in [-0.1, -0.05) is 17.7 Å². The van der Waals surface area contributed by atoms with E-state index in [0.29, 0.717) is 24.3 Å². The zero-order valence-corrected chi connectivity index (χ0v) is 27.3. The fourth-order valence-electron chi connectivity index (χ4n) is 7.17. The summed E-state index contributed by atoms with van der Waals surface area (Å²) in [5.74, 6) is -4.66. The van der Waals surface area contributed by atoms with Crippen molar-refractivity contribution in [2.75, 3.05) is 38.2 Å². The summed E-state index contributed by atoms with van der Waals surface area (Å²) in [4.78, 5) is 19.4. The molecule has 1 amide bonds. The molecule has 2 N–H and O–H groups in total. The molecule has 1 aromatic heterocycles. The minimum Gasteiger partial charge on any atom is -0.465 e. The van der Waals surface area contributed by atoms with Gasteiger partial charge in [0.05, 0.1) is 44.1 Å². The summed E-state index contributed by atoms with van der Waals surface area (Å²) in [6, 6.07) is 3.94. The van der Waals surface area contributed by atoms with E-state index < -0.39 is 77.3 Å². The third-order valence-corrected chi connectivity index (χ3v) is 10.6. The van der Waals surface area contributed by atoms with Crippen LogP contribution in [-0.2, 0) is 4.74 Å². The maximum Gasteiger partial charge on any atom is 0.409 e. The van der Waals surface area contributed by atoms with Crippen LogP contribution in [0.2, 0.25) is 5.02 Å². The van der Waals surface area contributed by atoms with Gasteiger partial charge < -0.3 is 19.5 Å². The van der Waals surface area contributed by atoms with Crippen molar-refractivity contribution in [3.05, 3.63) is 69.6 Å². The number of nitrogens with zero attached hydrogens (tertiary/aromatic N) is 5. The number of fused-ring (bicyclic) bond motifs is 2. The van der Waals surface area contributed by atoms with Gasteiger partial charge in [-0.05, 0) is 37.6 Å². The molecule has 4 aliphatic rings. The number of anilines is 1. The van der Waals surface area contributed by atoms with Crippen LogP contribution in [0.4, 0.5) is 36.1 Å². The number of halogens is 7. The first-order valence-electron chi connectivity index (χ1n) is 15.2. The Morgan fingerprint density at radius 3 is 2.84 bits per heavy atom. The molecule has 0 unspecified atom stereocenters. The summed E-state index contributed by atoms with van der Waals surface area (Å²) in [6.45, 7) is 2.40. The van der Waals surface area contributed by atoms with E-state index in [1.165, 1.54) is 0 Å². The summed E-state index contributed by atoms with van der Waals surface area (Å²) < 4.78 is 102. The number of ether oxygens (including phenoxy) is 2. The molecule has 3 aromatic rings. The first-order valence-corrected chi connectivity index (χ1v) is 16.4. The minimum atomic E-state index is -2.99. The van der Waals surface area contributed by atoms with Crippen molar-refractivity contribution in [2.24, 2.45) is 4.99 Å². The molecule has 0 bridgehead atoms. The zero-order chi connectivity index (χ0) is 35.6. The molecule has 0 radical (unpaired) electrons. The van der Waals surface area contributed by atoms with Crippen LogP contribution >= 0.6 is 22.9 Å². The summed E-state index contributed by atoms with van der Waals surface area (Å²) in [5.41, 5.74) is -1.63. The lowest BCUT2D eigenvalue weighted by Gasteiger charge is -2.33. The second-order valence-electron chi connectivity index (χ2n) is 12.1. The third-order valence-electron chi connectivity index (χ3n) is 9.16. The molecule has 5 heterocycles. The number of alkyl halides is 3. The predicted octanol–water partition coefficient (Wildman–Crippen LogP) is 6.21. The Kier molecular flexibility index (Phi) is 8.51. The smallest absolute Gasteiger partial charge is 0.409 e. The van der Waals surface area contributed by atoms with Gasteiger partial charge in [0.2, 0.25) is 0 Å². The van der Waals surface area contributed by atoms with Crippen molar-refractivity contribution < 1.29 is 45.7 Å². The summed E-state index contributed by atoms with van der Waals surface area (Å²) >= 11 is 7.43. The lowest BCUT2D eigenvalue weighted by molar-refractivity contribution is 0.0245. The Balaban J connectivity index is 1.47. The van der Waals surface area contributed by atoms with E-state index in [-0.39, 0.29) is 62.2 Å². The third kappa shape index (κ3) is 5.46. The van der Waals surface area contributed by atoms with E-state index in [0.717, 1.165) is 34.6 Å². The second-order valence-corrected chi connectivity index (χ2v) is 13.5. The van der Waals surface area contributed by atoms with Crippen molar-refractivity contribution in [1.82, 2.24) is 14.7 Å². The van der Waals surface area contributed by atoms with Crippen molar-refractivity contribution in [3.8, 4) is 22.9 Å². The van der Waals surface area contributed by atoms with Crippen LogP contribution in [0.1, 0.15) is 24.8 Å². The maximum atomic E-state index is 17.2. The monoisotopic (exact) mass is 738 g/mol. The van der Waals surface area contributed by atoms with Gasteiger partial charge in [0.1, 0.15) is 42.2 Å². The standard InChI is InChI=1S/C32H25ClF6N6O4S/c1-14(34)45-13-41-26-23-27(25(39)22(24(26)33)16-3-4-18(36)28-21(16)17(8-40)29(50-28)42-31(46)47)49-20(11-43(30(23)45)10-19(37)38)48-12-32-5-2-6-44(32)9-15(35)7-32/h3-4,11,15,19,42H,1-2,5-7,9-10,12-13H2,(H,46,47)/t15-,32+/m1/s1. The molecule has 2 fully saturated rings. The van der Waals surface area contributed by atoms with E-state index >= 15 is 8.78 Å². The highest BCUT2D eigenvalue weighted by molar-refractivity contribution is 7.23. The normalized spacial score (nSPS) is 21.3. The number of rotatable bonds is 8. The van der Waals surface area contributed by atoms with Crippen molar-refractivity contribution in [2.45, 2.75) is 37.4 Å². The first-order chi connectivity index (χ1) is 23.8. The van der Waals surface area contributed by atoms with Crippen LogP contribution < -0.4 is 20.6 Å². The second kappa shape index (κ2) is 12.6. The fraction of sp³-hybridized carbons (Fsp3) is 0.344. The van der Waals surface area contributed by atoms with Crippen molar-refractivity contribution >= 4 is 49.9 Å². The van der Waals surface area contributed by atoms with E-state index in [9.17, 15) is 32.7 Å². The number of nitrogens with one attached hydrogen (secondary N) is 1. The van der Waals surface area contributed by atoms with E-state index in [2.05, 4.69) is 11.6 Å². The maximum absolute atomic E-state index is 17.2. The van der Waals surface area contributed by atoms with Gasteiger partial charge in [-0.25, -0.2) is 26.7 Å². The SMILES string of the molecule is C=C(F)N1CN=c2c(Cl)c(-c3ccc(F)c4sc(NC(=O)O)c(C#N)c34)c(F)c3c2=C1N(CC(F)F)C=C(OC[C@@]12CCCN1C[C@H](F)C2)O3. The van der Waals surface area contributed by atoms with Gasteiger partial charge in [-0.3, -0.25) is 20.1 Å². The quantitative estimate of drug-likeness (QED) is 0.207. The fourth-order valence-corrected chi connectivity index (χ4v) is 8.58. The Labute approximate surface area is 288 Å². The van der Waals surface area contributed by atoms with Gasteiger partial charge in [0.25, 0.3) is 6.43 Å². The van der Waals surface area contributed by atoms with Crippen molar-refractivity contribution in [1.29, 1.82) is 5.26 Å². The molecule has 10 nitrogen and oxygen atoms in total. The van der Waals surface area contributed by atoms with Gasteiger partial charge in [0, 0.05) is 23.9 Å². The number of carbonyl (C=O) groups is 1. The van der Waals surface area contributed by atoms with Crippen LogP contribution in [0, 0.1) is 23.0 Å². The zero-order valence-electron chi connectivity index (χ0n) is 25.7. The molecule has 0 saturated carbocycles. The summed E-state index contributed by atoms with van der Waals surface area (Å²) in [7, 11) is 0. The first kappa shape index (κ1) is 33.8. The highest BCUT2D eigenvalue weighted by atomic mass is 35.5. The molecule has 262 valence electrons. The number of carboxylic acid groups (broad SMARTS) is 1. The molecule has 2 atom stereocenters. The molecule has 7 rings (SSSR count). The summed E-state index contributed by atoms with van der Waals surface area (Å²) in [5, 5.41) is 20.0. The van der Waals surface area contributed by atoms with Crippen LogP contribution in [0.5, 0.6) is 5.75 Å². The molecular formula is C32H25ClF6N6O4S. The van der Waals surface area contributed by atoms with Gasteiger partial charge in [0.15, 0.2) is 17.5 Å². The average molecular weight is 739 g/mol. The topological polar surface area (TPSA) is 114 Å². The largest absolute Gasteiger partial charge is 0.465 e. The average Bonchev–Trinajstić information content (AvgIpc) is 3.67. The van der Waals surface area contributed by atoms with Crippen LogP contribution in [0.3, 0.4) is 0 Å². The molecule has 18 heteroatoms. The van der Waals surface area contributed by atoms with Gasteiger partial charge in [-0.15, -0.1) is 11.3 Å². The number of amides is 1. The molecule has 2 aromatic carbocycles. The lowest BCUT2D eigenvalue weighted by Crippen LogP contribution is -2.46. The van der Waals surface area contributed by atoms with E-state index in [1.54, 1.807) is 0 Å². The molecule has 2 saturated heterocycles. The van der Waals surface area contributed by atoms with Crippen LogP contribution in [-0.4, -0.2) is 76.9 Å². The Hall–Kier alpha value is -4.66. The lowest BCUT2D eigenvalue weighted by atomic mass is 9.95. The van der Waals surface area contributed by atoms with Gasteiger partial charge >= 0.3 is 12.0 Å². The molecule has 0 aliphatic carbocycles. The molecule has 0 spiro atoms. The van der Waals surface area contributed by atoms with Crippen molar-refractivity contribution in [3.63, 3.8) is 0 Å². The number of benzene rings is 2. The molecule has 4 aliphatic heterocycles. The molecule has 50 heavy (non-hydrogen) atoms. The van der Waals surface area contributed by atoms with E-state index in [1.807, 2.05) is 16.3 Å². The summed E-state index contributed by atoms with van der Waals surface area (Å²) in [6.07, 6.45) is -3.11. The Morgan fingerprint density at radius 2 is 2.14 bits per heavy atom. The highest BCUT2D eigenvalue weighted by Crippen LogP contribution is 2.46. The molecular weight excluding hydrogens is 714 g/mol. The van der Waals surface area contributed by atoms with Gasteiger partial charge in [-0.2, -0.15) is 9.65 Å². The highest BCUT2D eigenvalue weighted by Gasteiger charge is 2.49. The number of hydrogen-bond donors (Lipinski definition) is 2.